The molecule has 0 radical (unpaired) electrons. The van der Waals surface area contributed by atoms with Crippen LogP contribution in [0.2, 0.25) is 5.02 Å². The number of carbonyl (C=O) groups is 1. The second kappa shape index (κ2) is 9.59. The van der Waals surface area contributed by atoms with Crippen LogP contribution in [-0.4, -0.2) is 30.8 Å². The number of thioether (sulfide) groups is 1. The van der Waals surface area contributed by atoms with E-state index in [9.17, 15) is 9.90 Å². The van der Waals surface area contributed by atoms with Crippen molar-refractivity contribution in [3.05, 3.63) is 106 Å². The summed E-state index contributed by atoms with van der Waals surface area (Å²) in [6.07, 6.45) is 3.66. The van der Waals surface area contributed by atoms with Crippen LogP contribution in [0.3, 0.4) is 0 Å². The third kappa shape index (κ3) is 4.76. The Labute approximate surface area is 204 Å². The summed E-state index contributed by atoms with van der Waals surface area (Å²) < 4.78 is 2.13. The maximum atomic E-state index is 12.1. The van der Waals surface area contributed by atoms with Gasteiger partial charge in [-0.25, -0.2) is 9.78 Å². The van der Waals surface area contributed by atoms with E-state index in [1.165, 1.54) is 5.56 Å². The summed E-state index contributed by atoms with van der Waals surface area (Å²) in [7, 11) is 0. The SMILES string of the molecule is O=C(O)/C(=C/c1cn(Cc2ccccc2)c2ccccc12)Sc1n[nH]c(-c2ccc(Cl)cc2)n1. The molecule has 0 saturated carbocycles. The van der Waals surface area contributed by atoms with E-state index in [0.717, 1.165) is 33.8 Å². The molecule has 0 aliphatic heterocycles. The minimum atomic E-state index is -1.04. The second-order valence-corrected chi connectivity index (χ2v) is 9.05. The smallest absolute Gasteiger partial charge is 0.342 e. The molecule has 3 aromatic carbocycles. The Hall–Kier alpha value is -3.81. The van der Waals surface area contributed by atoms with Crippen LogP contribution in [-0.2, 0) is 11.3 Å². The van der Waals surface area contributed by atoms with E-state index in [1.807, 2.05) is 60.8 Å². The molecule has 0 atom stereocenters. The number of H-pyrrole nitrogens is 1. The monoisotopic (exact) mass is 486 g/mol. The molecule has 0 fully saturated rings. The molecule has 2 heterocycles. The number of halogens is 1. The van der Waals surface area contributed by atoms with E-state index in [-0.39, 0.29) is 4.91 Å². The van der Waals surface area contributed by atoms with Gasteiger partial charge in [-0.15, -0.1) is 5.10 Å². The first-order valence-electron chi connectivity index (χ1n) is 10.5. The van der Waals surface area contributed by atoms with E-state index in [2.05, 4.69) is 31.9 Å². The number of nitrogens with one attached hydrogen (secondary N) is 1. The Morgan fingerprint density at radius 1 is 1.03 bits per heavy atom. The fourth-order valence-electron chi connectivity index (χ4n) is 3.70. The quantitative estimate of drug-likeness (QED) is 0.207. The van der Waals surface area contributed by atoms with Gasteiger partial charge in [0.2, 0.25) is 5.16 Å². The molecule has 0 bridgehead atoms. The highest BCUT2D eigenvalue weighted by Gasteiger charge is 2.16. The van der Waals surface area contributed by atoms with Gasteiger partial charge >= 0.3 is 5.97 Å². The first-order valence-corrected chi connectivity index (χ1v) is 11.7. The minimum absolute atomic E-state index is 0.129. The summed E-state index contributed by atoms with van der Waals surface area (Å²) in [6.45, 7) is 0.691. The number of carboxylic acids is 1. The highest BCUT2D eigenvalue weighted by molar-refractivity contribution is 8.04. The number of aromatic amines is 1. The molecule has 168 valence electrons. The molecule has 2 aromatic heterocycles. The number of hydrogen-bond donors (Lipinski definition) is 2. The third-order valence-corrected chi connectivity index (χ3v) is 6.43. The van der Waals surface area contributed by atoms with Crippen molar-refractivity contribution in [2.75, 3.05) is 0 Å². The third-order valence-electron chi connectivity index (χ3n) is 5.30. The number of rotatable bonds is 7. The van der Waals surface area contributed by atoms with Gasteiger partial charge in [0.1, 0.15) is 4.91 Å². The van der Waals surface area contributed by atoms with Crippen LogP contribution in [0.1, 0.15) is 11.1 Å². The lowest BCUT2D eigenvalue weighted by molar-refractivity contribution is -0.131. The lowest BCUT2D eigenvalue weighted by atomic mass is 10.1. The van der Waals surface area contributed by atoms with Crippen molar-refractivity contribution in [3.8, 4) is 11.4 Å². The molecule has 0 amide bonds. The summed E-state index contributed by atoms with van der Waals surface area (Å²) in [5.74, 6) is -0.494. The van der Waals surface area contributed by atoms with Crippen LogP contribution in [0.4, 0.5) is 0 Å². The molecule has 0 aliphatic carbocycles. The number of aliphatic carboxylic acids is 1. The lowest BCUT2D eigenvalue weighted by Gasteiger charge is -2.05. The molecule has 0 saturated heterocycles. The predicted molar refractivity (Wildman–Crippen MR) is 136 cm³/mol. The van der Waals surface area contributed by atoms with Gasteiger partial charge in [0, 0.05) is 39.8 Å². The highest BCUT2D eigenvalue weighted by atomic mass is 35.5. The average molecular weight is 487 g/mol. The summed E-state index contributed by atoms with van der Waals surface area (Å²) in [5, 5.41) is 18.9. The Morgan fingerprint density at radius 2 is 1.76 bits per heavy atom. The molecule has 0 unspecified atom stereocenters. The lowest BCUT2D eigenvalue weighted by Crippen LogP contribution is -1.98. The van der Waals surface area contributed by atoms with Gasteiger partial charge in [0.15, 0.2) is 5.82 Å². The zero-order valence-electron chi connectivity index (χ0n) is 17.9. The van der Waals surface area contributed by atoms with E-state index in [1.54, 1.807) is 18.2 Å². The normalized spacial score (nSPS) is 11.7. The zero-order valence-corrected chi connectivity index (χ0v) is 19.4. The topological polar surface area (TPSA) is 83.8 Å². The maximum Gasteiger partial charge on any atom is 0.342 e. The molecule has 34 heavy (non-hydrogen) atoms. The fraction of sp³-hybridized carbons (Fsp3) is 0.0385. The maximum absolute atomic E-state index is 12.1. The van der Waals surface area contributed by atoms with Crippen molar-refractivity contribution in [3.63, 3.8) is 0 Å². The Kier molecular flexibility index (Phi) is 6.20. The summed E-state index contributed by atoms with van der Waals surface area (Å²) in [5.41, 5.74) is 3.84. The molecule has 6 nitrogen and oxygen atoms in total. The van der Waals surface area contributed by atoms with Crippen molar-refractivity contribution in [2.45, 2.75) is 11.7 Å². The largest absolute Gasteiger partial charge is 0.477 e. The van der Waals surface area contributed by atoms with Crippen LogP contribution >= 0.6 is 23.4 Å². The number of para-hydroxylation sites is 1. The second-order valence-electron chi connectivity index (χ2n) is 7.60. The predicted octanol–water partition coefficient (Wildman–Crippen LogP) is 6.35. The van der Waals surface area contributed by atoms with Gasteiger partial charge in [-0.1, -0.05) is 60.1 Å². The van der Waals surface area contributed by atoms with Crippen LogP contribution in [0.5, 0.6) is 0 Å². The molecular weight excluding hydrogens is 468 g/mol. The number of fused-ring (bicyclic) bond motifs is 1. The molecule has 0 aliphatic rings. The molecule has 8 heteroatoms. The van der Waals surface area contributed by atoms with Crippen LogP contribution in [0, 0.1) is 0 Å². The van der Waals surface area contributed by atoms with Crippen molar-refractivity contribution in [1.29, 1.82) is 0 Å². The zero-order chi connectivity index (χ0) is 23.5. The Bertz CT molecular complexity index is 1490. The summed E-state index contributed by atoms with van der Waals surface area (Å²) in [4.78, 5) is 16.7. The molecule has 2 N–H and O–H groups in total. The van der Waals surface area contributed by atoms with Gasteiger partial charge in [-0.3, -0.25) is 5.10 Å². The minimum Gasteiger partial charge on any atom is -0.477 e. The van der Waals surface area contributed by atoms with Crippen molar-refractivity contribution in [1.82, 2.24) is 19.7 Å². The van der Waals surface area contributed by atoms with Crippen LogP contribution < -0.4 is 0 Å². The van der Waals surface area contributed by atoms with Crippen molar-refractivity contribution >= 4 is 46.3 Å². The average Bonchev–Trinajstić information content (AvgIpc) is 3.45. The van der Waals surface area contributed by atoms with E-state index in [4.69, 9.17) is 11.6 Å². The number of hydrogen-bond acceptors (Lipinski definition) is 4. The number of nitrogens with zero attached hydrogens (tertiary/aromatic N) is 3. The van der Waals surface area contributed by atoms with Crippen molar-refractivity contribution in [2.24, 2.45) is 0 Å². The highest BCUT2D eigenvalue weighted by Crippen LogP contribution is 2.31. The number of carboxylic acid groups (broad SMARTS) is 1. The number of aromatic nitrogens is 4. The van der Waals surface area contributed by atoms with Crippen molar-refractivity contribution < 1.29 is 9.90 Å². The van der Waals surface area contributed by atoms with E-state index >= 15 is 0 Å². The van der Waals surface area contributed by atoms with Crippen LogP contribution in [0.25, 0.3) is 28.4 Å². The van der Waals surface area contributed by atoms with E-state index < -0.39 is 5.97 Å². The standard InChI is InChI=1S/C26H19ClN4O2S/c27-20-12-10-18(11-13-20)24-28-26(30-29-24)34-23(25(32)33)14-19-16-31(15-17-6-2-1-3-7-17)22-9-5-4-8-21(19)22/h1-14,16H,15H2,(H,32,33)(H,28,29,30)/b23-14-. The molecule has 0 spiro atoms. The molecular formula is C26H19ClN4O2S. The van der Waals surface area contributed by atoms with Gasteiger partial charge in [-0.05, 0) is 53.7 Å². The summed E-state index contributed by atoms with van der Waals surface area (Å²) >= 11 is 6.95. The Morgan fingerprint density at radius 3 is 2.53 bits per heavy atom. The van der Waals surface area contributed by atoms with Gasteiger partial charge < -0.3 is 9.67 Å². The summed E-state index contributed by atoms with van der Waals surface area (Å²) in [6, 6.07) is 25.3. The Balaban J connectivity index is 1.47. The fourth-order valence-corrected chi connectivity index (χ4v) is 4.53. The van der Waals surface area contributed by atoms with Gasteiger partial charge in [0.25, 0.3) is 0 Å². The first kappa shape index (κ1) is 22.0. The van der Waals surface area contributed by atoms with Gasteiger partial charge in [-0.2, -0.15) is 0 Å². The molecule has 5 aromatic rings. The molecule has 5 rings (SSSR count). The first-order chi connectivity index (χ1) is 16.6. The van der Waals surface area contributed by atoms with E-state index in [0.29, 0.717) is 22.5 Å². The van der Waals surface area contributed by atoms with Gasteiger partial charge in [0.05, 0.1) is 0 Å². The van der Waals surface area contributed by atoms with Crippen LogP contribution in [0.15, 0.2) is 95.1 Å². The number of benzene rings is 3.